The van der Waals surface area contributed by atoms with Crippen LogP contribution in [0.1, 0.15) is 16.1 Å². The summed E-state index contributed by atoms with van der Waals surface area (Å²) in [5, 5.41) is 7.86. The van der Waals surface area contributed by atoms with Crippen molar-refractivity contribution in [3.05, 3.63) is 75.2 Å². The van der Waals surface area contributed by atoms with Gasteiger partial charge in [-0.1, -0.05) is 48.0 Å². The van der Waals surface area contributed by atoms with Crippen LogP contribution >= 0.6 is 11.6 Å². The van der Waals surface area contributed by atoms with Gasteiger partial charge in [-0.25, -0.2) is 9.48 Å². The van der Waals surface area contributed by atoms with E-state index in [4.69, 9.17) is 16.3 Å². The van der Waals surface area contributed by atoms with E-state index in [1.165, 1.54) is 7.05 Å². The standard InChI is InChI=1S/C19H16ClN3O4/c1-23-18(25)14-8-4-3-7-13(14)17(22-23)19(26)27-11-16(24)21-10-12-6-2-5-9-15(12)20/h2-9H,10-11H2,1H3,(H,21,24). The normalized spacial score (nSPS) is 10.6. The summed E-state index contributed by atoms with van der Waals surface area (Å²) in [5.74, 6) is -1.26. The lowest BCUT2D eigenvalue weighted by Gasteiger charge is -2.09. The van der Waals surface area contributed by atoms with Crippen LogP contribution in [0.2, 0.25) is 5.02 Å². The first-order chi connectivity index (χ1) is 13.0. The SMILES string of the molecule is Cn1nc(C(=O)OCC(=O)NCc2ccccc2Cl)c2ccccc2c1=O. The molecule has 1 heterocycles. The van der Waals surface area contributed by atoms with Crippen molar-refractivity contribution in [2.75, 3.05) is 6.61 Å². The summed E-state index contributed by atoms with van der Waals surface area (Å²) >= 11 is 6.03. The first-order valence-corrected chi connectivity index (χ1v) is 8.48. The summed E-state index contributed by atoms with van der Waals surface area (Å²) < 4.78 is 6.12. The topological polar surface area (TPSA) is 90.3 Å². The van der Waals surface area contributed by atoms with Gasteiger partial charge in [-0.3, -0.25) is 9.59 Å². The average Bonchev–Trinajstić information content (AvgIpc) is 2.68. The van der Waals surface area contributed by atoms with E-state index in [1.54, 1.807) is 42.5 Å². The number of hydrogen-bond donors (Lipinski definition) is 1. The van der Waals surface area contributed by atoms with Gasteiger partial charge >= 0.3 is 5.97 Å². The highest BCUT2D eigenvalue weighted by Crippen LogP contribution is 2.15. The van der Waals surface area contributed by atoms with Crippen LogP contribution in [-0.4, -0.2) is 28.3 Å². The van der Waals surface area contributed by atoms with Gasteiger partial charge in [-0.2, -0.15) is 5.10 Å². The van der Waals surface area contributed by atoms with Gasteiger partial charge in [0.1, 0.15) is 0 Å². The van der Waals surface area contributed by atoms with Gasteiger partial charge in [0.05, 0.1) is 5.39 Å². The van der Waals surface area contributed by atoms with Gasteiger partial charge in [0.2, 0.25) is 0 Å². The number of aryl methyl sites for hydroxylation is 1. The summed E-state index contributed by atoms with van der Waals surface area (Å²) in [7, 11) is 1.45. The van der Waals surface area contributed by atoms with E-state index in [0.717, 1.165) is 10.2 Å². The van der Waals surface area contributed by atoms with Crippen molar-refractivity contribution in [1.29, 1.82) is 0 Å². The van der Waals surface area contributed by atoms with Crippen molar-refractivity contribution in [2.45, 2.75) is 6.54 Å². The molecule has 0 atom stereocenters. The molecule has 3 aromatic rings. The van der Waals surface area contributed by atoms with Crippen molar-refractivity contribution >= 4 is 34.2 Å². The molecule has 7 nitrogen and oxygen atoms in total. The van der Waals surface area contributed by atoms with E-state index in [0.29, 0.717) is 15.8 Å². The number of carbonyl (C=O) groups is 2. The number of amides is 1. The third-order valence-corrected chi connectivity index (χ3v) is 4.29. The first-order valence-electron chi connectivity index (χ1n) is 8.10. The van der Waals surface area contributed by atoms with Crippen LogP contribution in [0.4, 0.5) is 0 Å². The molecule has 2 aromatic carbocycles. The van der Waals surface area contributed by atoms with Crippen LogP contribution in [0, 0.1) is 0 Å². The van der Waals surface area contributed by atoms with Crippen LogP contribution in [0.25, 0.3) is 10.8 Å². The number of benzene rings is 2. The molecule has 0 aliphatic carbocycles. The zero-order valence-electron chi connectivity index (χ0n) is 14.4. The van der Waals surface area contributed by atoms with Crippen LogP contribution in [0.3, 0.4) is 0 Å². The number of halogens is 1. The van der Waals surface area contributed by atoms with E-state index in [9.17, 15) is 14.4 Å². The van der Waals surface area contributed by atoms with E-state index in [-0.39, 0.29) is 17.8 Å². The third-order valence-electron chi connectivity index (χ3n) is 3.92. The molecule has 0 fully saturated rings. The highest BCUT2D eigenvalue weighted by molar-refractivity contribution is 6.31. The lowest BCUT2D eigenvalue weighted by atomic mass is 10.1. The molecule has 0 unspecified atom stereocenters. The molecular formula is C19H16ClN3O4. The Labute approximate surface area is 159 Å². The zero-order valence-corrected chi connectivity index (χ0v) is 15.2. The predicted octanol–water partition coefficient (Wildman–Crippen LogP) is 2.06. The molecule has 1 amide bonds. The lowest BCUT2D eigenvalue weighted by molar-refractivity contribution is -0.124. The van der Waals surface area contributed by atoms with Crippen LogP contribution in [0.5, 0.6) is 0 Å². The molecule has 138 valence electrons. The summed E-state index contributed by atoms with van der Waals surface area (Å²) in [6.07, 6.45) is 0. The molecule has 0 saturated heterocycles. The second-order valence-corrected chi connectivity index (χ2v) is 6.17. The Morgan fingerprint density at radius 3 is 2.52 bits per heavy atom. The fraction of sp³-hybridized carbons (Fsp3) is 0.158. The number of fused-ring (bicyclic) bond motifs is 1. The largest absolute Gasteiger partial charge is 0.451 e. The smallest absolute Gasteiger partial charge is 0.359 e. The lowest BCUT2D eigenvalue weighted by Crippen LogP contribution is -2.29. The van der Waals surface area contributed by atoms with Gasteiger partial charge in [-0.05, 0) is 17.7 Å². The van der Waals surface area contributed by atoms with Gasteiger partial charge in [0.15, 0.2) is 12.3 Å². The number of ether oxygens (including phenoxy) is 1. The Kier molecular flexibility index (Phi) is 5.52. The minimum atomic E-state index is -0.783. The molecule has 8 heteroatoms. The Bertz CT molecular complexity index is 1080. The number of esters is 1. The molecule has 3 rings (SSSR count). The van der Waals surface area contributed by atoms with Crippen molar-refractivity contribution in [3.8, 4) is 0 Å². The summed E-state index contributed by atoms with van der Waals surface area (Å²) in [5.41, 5.74) is 0.413. The van der Waals surface area contributed by atoms with Crippen LogP contribution in [-0.2, 0) is 23.1 Å². The number of carbonyl (C=O) groups excluding carboxylic acids is 2. The highest BCUT2D eigenvalue weighted by atomic mass is 35.5. The molecule has 0 radical (unpaired) electrons. The Morgan fingerprint density at radius 1 is 1.11 bits per heavy atom. The van der Waals surface area contributed by atoms with Gasteiger partial charge < -0.3 is 10.1 Å². The first kappa shape index (κ1) is 18.6. The Morgan fingerprint density at radius 2 is 1.78 bits per heavy atom. The van der Waals surface area contributed by atoms with Crippen molar-refractivity contribution in [1.82, 2.24) is 15.1 Å². The molecule has 1 aromatic heterocycles. The van der Waals surface area contributed by atoms with Crippen LogP contribution < -0.4 is 10.9 Å². The Balaban J connectivity index is 1.67. The Hall–Kier alpha value is -3.19. The van der Waals surface area contributed by atoms with E-state index < -0.39 is 18.5 Å². The van der Waals surface area contributed by atoms with E-state index in [1.807, 2.05) is 6.07 Å². The van der Waals surface area contributed by atoms with Gasteiger partial charge in [0.25, 0.3) is 11.5 Å². The number of nitrogens with one attached hydrogen (secondary N) is 1. The number of nitrogens with zero attached hydrogens (tertiary/aromatic N) is 2. The fourth-order valence-electron chi connectivity index (χ4n) is 2.54. The minimum absolute atomic E-state index is 0.0217. The van der Waals surface area contributed by atoms with Gasteiger partial charge in [0, 0.05) is 24.0 Å². The maximum absolute atomic E-state index is 12.4. The van der Waals surface area contributed by atoms with Crippen LogP contribution in [0.15, 0.2) is 53.3 Å². The van der Waals surface area contributed by atoms with E-state index >= 15 is 0 Å². The van der Waals surface area contributed by atoms with Crippen molar-refractivity contribution in [3.63, 3.8) is 0 Å². The predicted molar refractivity (Wildman–Crippen MR) is 101 cm³/mol. The van der Waals surface area contributed by atoms with Gasteiger partial charge in [-0.15, -0.1) is 0 Å². The molecule has 0 aliphatic rings. The molecular weight excluding hydrogens is 370 g/mol. The molecule has 1 N–H and O–H groups in total. The molecule has 0 bridgehead atoms. The summed E-state index contributed by atoms with van der Waals surface area (Å²) in [6, 6.07) is 13.7. The summed E-state index contributed by atoms with van der Waals surface area (Å²) in [6.45, 7) is -0.251. The van der Waals surface area contributed by atoms with Crippen molar-refractivity contribution < 1.29 is 14.3 Å². The second-order valence-electron chi connectivity index (χ2n) is 5.77. The molecule has 0 saturated carbocycles. The number of aromatic nitrogens is 2. The maximum Gasteiger partial charge on any atom is 0.359 e. The highest BCUT2D eigenvalue weighted by Gasteiger charge is 2.18. The van der Waals surface area contributed by atoms with E-state index in [2.05, 4.69) is 10.4 Å². The average molecular weight is 386 g/mol. The molecule has 0 aliphatic heterocycles. The second kappa shape index (κ2) is 8.01. The summed E-state index contributed by atoms with van der Waals surface area (Å²) in [4.78, 5) is 36.4. The number of hydrogen-bond acceptors (Lipinski definition) is 5. The third kappa shape index (κ3) is 4.15. The zero-order chi connectivity index (χ0) is 19.4. The monoisotopic (exact) mass is 385 g/mol. The molecule has 0 spiro atoms. The quantitative estimate of drug-likeness (QED) is 0.679. The van der Waals surface area contributed by atoms with Crippen molar-refractivity contribution in [2.24, 2.45) is 7.05 Å². The molecule has 27 heavy (non-hydrogen) atoms. The number of rotatable bonds is 5. The minimum Gasteiger partial charge on any atom is -0.451 e. The fourth-order valence-corrected chi connectivity index (χ4v) is 2.74. The maximum atomic E-state index is 12.4.